The summed E-state index contributed by atoms with van der Waals surface area (Å²) in [6, 6.07) is 8.77. The molecule has 0 fully saturated rings. The van der Waals surface area contributed by atoms with E-state index in [-0.39, 0.29) is 22.3 Å². The third kappa shape index (κ3) is 2.64. The molecule has 2 aromatic carbocycles. The summed E-state index contributed by atoms with van der Waals surface area (Å²) >= 11 is 0. The van der Waals surface area contributed by atoms with Crippen molar-refractivity contribution >= 4 is 0 Å². The third-order valence-electron chi connectivity index (χ3n) is 2.92. The van der Waals surface area contributed by atoms with Crippen LogP contribution in [0.3, 0.4) is 0 Å². The molecule has 5 heteroatoms. The van der Waals surface area contributed by atoms with Gasteiger partial charge in [-0.2, -0.15) is 18.4 Å². The second-order valence-corrected chi connectivity index (χ2v) is 4.34. The van der Waals surface area contributed by atoms with E-state index in [1.54, 1.807) is 0 Å². The first kappa shape index (κ1) is 14.1. The molecule has 2 rings (SSSR count). The van der Waals surface area contributed by atoms with Crippen LogP contribution in [-0.2, 0) is 6.18 Å². The first-order chi connectivity index (χ1) is 9.32. The lowest BCUT2D eigenvalue weighted by atomic mass is 9.96. The van der Waals surface area contributed by atoms with Gasteiger partial charge in [-0.1, -0.05) is 12.1 Å². The van der Waals surface area contributed by atoms with Crippen LogP contribution in [0.15, 0.2) is 36.4 Å². The summed E-state index contributed by atoms with van der Waals surface area (Å²) in [6.07, 6.45) is -4.48. The highest BCUT2D eigenvalue weighted by atomic mass is 19.4. The number of hydrogen-bond acceptors (Lipinski definition) is 1. The summed E-state index contributed by atoms with van der Waals surface area (Å²) in [5, 5.41) is 9.03. The van der Waals surface area contributed by atoms with Crippen LogP contribution in [-0.4, -0.2) is 0 Å². The second kappa shape index (κ2) is 4.97. The number of rotatable bonds is 1. The molecular weight excluding hydrogens is 270 g/mol. The maximum atomic E-state index is 13.6. The number of aryl methyl sites for hydroxylation is 1. The van der Waals surface area contributed by atoms with Crippen LogP contribution in [0.2, 0.25) is 0 Å². The molecule has 0 N–H and O–H groups in total. The summed E-state index contributed by atoms with van der Waals surface area (Å²) in [5.74, 6) is -0.559. The van der Waals surface area contributed by atoms with Gasteiger partial charge in [0.05, 0.1) is 17.2 Å². The van der Waals surface area contributed by atoms with E-state index in [9.17, 15) is 17.6 Å². The van der Waals surface area contributed by atoms with E-state index in [0.29, 0.717) is 0 Å². The zero-order valence-electron chi connectivity index (χ0n) is 10.4. The molecule has 102 valence electrons. The summed E-state index contributed by atoms with van der Waals surface area (Å²) < 4.78 is 51.6. The Hall–Kier alpha value is -2.35. The number of nitrogens with zero attached hydrogens (tertiary/aromatic N) is 1. The fourth-order valence-corrected chi connectivity index (χ4v) is 1.88. The molecule has 0 saturated heterocycles. The van der Waals surface area contributed by atoms with E-state index in [4.69, 9.17) is 5.26 Å². The molecule has 0 aromatic heterocycles. The van der Waals surface area contributed by atoms with Gasteiger partial charge in [-0.25, -0.2) is 4.39 Å². The SMILES string of the molecule is Cc1cc(C#N)c(-c2cccc(C(F)(F)F)c2)cc1F. The standard InChI is InChI=1S/C15H9F4N/c1-9-5-11(8-20)13(7-14(9)16)10-3-2-4-12(6-10)15(17,18)19/h2-7H,1H3. The Labute approximate surface area is 113 Å². The minimum absolute atomic E-state index is 0.142. The largest absolute Gasteiger partial charge is 0.416 e. The van der Waals surface area contributed by atoms with E-state index in [1.807, 2.05) is 6.07 Å². The van der Waals surface area contributed by atoms with Gasteiger partial charge in [-0.05, 0) is 42.3 Å². The van der Waals surface area contributed by atoms with Gasteiger partial charge in [0.25, 0.3) is 0 Å². The maximum absolute atomic E-state index is 13.6. The molecule has 0 amide bonds. The Balaban J connectivity index is 2.64. The van der Waals surface area contributed by atoms with Crippen LogP contribution in [0.25, 0.3) is 11.1 Å². The molecule has 0 atom stereocenters. The highest BCUT2D eigenvalue weighted by Crippen LogP contribution is 2.33. The van der Waals surface area contributed by atoms with Crippen LogP contribution < -0.4 is 0 Å². The zero-order chi connectivity index (χ0) is 14.9. The van der Waals surface area contributed by atoms with Crippen molar-refractivity contribution in [2.75, 3.05) is 0 Å². The highest BCUT2D eigenvalue weighted by molar-refractivity contribution is 5.71. The summed E-state index contributed by atoms with van der Waals surface area (Å²) in [6.45, 7) is 1.49. The van der Waals surface area contributed by atoms with Crippen LogP contribution >= 0.6 is 0 Å². The summed E-state index contributed by atoms with van der Waals surface area (Å²) in [4.78, 5) is 0. The molecule has 0 aliphatic rings. The van der Waals surface area contributed by atoms with Gasteiger partial charge in [-0.3, -0.25) is 0 Å². The van der Waals surface area contributed by atoms with Crippen LogP contribution in [0.5, 0.6) is 0 Å². The fourth-order valence-electron chi connectivity index (χ4n) is 1.88. The van der Waals surface area contributed by atoms with E-state index >= 15 is 0 Å². The topological polar surface area (TPSA) is 23.8 Å². The predicted molar refractivity (Wildman–Crippen MR) is 66.3 cm³/mol. The molecule has 0 saturated carbocycles. The van der Waals surface area contributed by atoms with Crippen LogP contribution in [0.1, 0.15) is 16.7 Å². The molecule has 1 nitrogen and oxygen atoms in total. The lowest BCUT2D eigenvalue weighted by Crippen LogP contribution is -2.04. The molecule has 0 aliphatic carbocycles. The van der Waals surface area contributed by atoms with E-state index in [2.05, 4.69) is 0 Å². The molecule has 0 bridgehead atoms. The molecule has 0 aliphatic heterocycles. The van der Waals surface area contributed by atoms with E-state index < -0.39 is 17.6 Å². The van der Waals surface area contributed by atoms with Crippen molar-refractivity contribution in [3.05, 3.63) is 58.9 Å². The van der Waals surface area contributed by atoms with Gasteiger partial charge < -0.3 is 0 Å². The first-order valence-electron chi connectivity index (χ1n) is 5.71. The maximum Gasteiger partial charge on any atom is 0.416 e. The Kier molecular flexibility index (Phi) is 3.49. The van der Waals surface area contributed by atoms with E-state index in [1.165, 1.54) is 25.1 Å². The normalized spacial score (nSPS) is 11.2. The highest BCUT2D eigenvalue weighted by Gasteiger charge is 2.30. The van der Waals surface area contributed by atoms with Crippen molar-refractivity contribution in [3.63, 3.8) is 0 Å². The number of alkyl halides is 3. The molecule has 0 heterocycles. The predicted octanol–water partition coefficient (Wildman–Crippen LogP) is 4.69. The van der Waals surface area contributed by atoms with Gasteiger partial charge in [-0.15, -0.1) is 0 Å². The molecule has 0 radical (unpaired) electrons. The summed E-state index contributed by atoms with van der Waals surface area (Å²) in [5.41, 5.74) is -0.0997. The van der Waals surface area contributed by atoms with Crippen molar-refractivity contribution in [2.24, 2.45) is 0 Å². The van der Waals surface area contributed by atoms with Gasteiger partial charge in [0.15, 0.2) is 0 Å². The molecule has 2 aromatic rings. The van der Waals surface area contributed by atoms with Crippen molar-refractivity contribution in [1.29, 1.82) is 5.26 Å². The molecule has 0 unspecified atom stereocenters. The Bertz CT molecular complexity index is 696. The average Bonchev–Trinajstić information content (AvgIpc) is 2.40. The van der Waals surface area contributed by atoms with Crippen LogP contribution in [0, 0.1) is 24.1 Å². The number of benzene rings is 2. The molecule has 20 heavy (non-hydrogen) atoms. The monoisotopic (exact) mass is 279 g/mol. The fraction of sp³-hybridized carbons (Fsp3) is 0.133. The van der Waals surface area contributed by atoms with Gasteiger partial charge in [0.1, 0.15) is 5.82 Å². The Morgan fingerprint density at radius 1 is 1.10 bits per heavy atom. The van der Waals surface area contributed by atoms with Gasteiger partial charge >= 0.3 is 6.18 Å². The Morgan fingerprint density at radius 3 is 2.40 bits per heavy atom. The number of nitriles is 1. The van der Waals surface area contributed by atoms with Crippen molar-refractivity contribution in [2.45, 2.75) is 13.1 Å². The Morgan fingerprint density at radius 2 is 1.80 bits per heavy atom. The summed E-state index contributed by atoms with van der Waals surface area (Å²) in [7, 11) is 0. The van der Waals surface area contributed by atoms with Crippen LogP contribution in [0.4, 0.5) is 17.6 Å². The minimum atomic E-state index is -4.48. The quantitative estimate of drug-likeness (QED) is 0.694. The van der Waals surface area contributed by atoms with Crippen molar-refractivity contribution in [1.82, 2.24) is 0 Å². The minimum Gasteiger partial charge on any atom is -0.207 e. The average molecular weight is 279 g/mol. The lowest BCUT2D eigenvalue weighted by Gasteiger charge is -2.10. The zero-order valence-corrected chi connectivity index (χ0v) is 10.4. The molecule has 0 spiro atoms. The van der Waals surface area contributed by atoms with Crippen molar-refractivity contribution in [3.8, 4) is 17.2 Å². The van der Waals surface area contributed by atoms with Gasteiger partial charge in [0, 0.05) is 5.56 Å². The molecular formula is C15H9F4N. The lowest BCUT2D eigenvalue weighted by molar-refractivity contribution is -0.137. The number of hydrogen-bond donors (Lipinski definition) is 0. The van der Waals surface area contributed by atoms with Crippen molar-refractivity contribution < 1.29 is 17.6 Å². The second-order valence-electron chi connectivity index (χ2n) is 4.34. The first-order valence-corrected chi connectivity index (χ1v) is 5.71. The third-order valence-corrected chi connectivity index (χ3v) is 2.92. The van der Waals surface area contributed by atoms with E-state index in [0.717, 1.165) is 18.2 Å². The number of halogens is 4. The van der Waals surface area contributed by atoms with Gasteiger partial charge in [0.2, 0.25) is 0 Å². The smallest absolute Gasteiger partial charge is 0.207 e.